The highest BCUT2D eigenvalue weighted by Gasteiger charge is 2.54. The minimum Gasteiger partial charge on any atom is -0.379 e. The van der Waals surface area contributed by atoms with Gasteiger partial charge >= 0.3 is 0 Å². The quantitative estimate of drug-likeness (QED) is 0.516. The number of ketones is 1. The van der Waals surface area contributed by atoms with Gasteiger partial charge in [-0.3, -0.25) is 14.9 Å². The van der Waals surface area contributed by atoms with Crippen LogP contribution in [0.15, 0.2) is 42.5 Å². The molecule has 2 aliphatic carbocycles. The second-order valence-electron chi connectivity index (χ2n) is 6.68. The highest BCUT2D eigenvalue weighted by molar-refractivity contribution is 5.95. The summed E-state index contributed by atoms with van der Waals surface area (Å²) in [6, 6.07) is 13.2. The van der Waals surface area contributed by atoms with Crippen LogP contribution in [-0.2, 0) is 6.42 Å². The fraction of sp³-hybridized carbons (Fsp3) is 0.316. The number of anilines is 1. The van der Waals surface area contributed by atoms with Gasteiger partial charge in [0.2, 0.25) is 0 Å². The van der Waals surface area contributed by atoms with Gasteiger partial charge in [0.05, 0.1) is 4.92 Å². The van der Waals surface area contributed by atoms with Crippen molar-refractivity contribution in [1.82, 2.24) is 0 Å². The summed E-state index contributed by atoms with van der Waals surface area (Å²) in [6.07, 6.45) is 1.11. The van der Waals surface area contributed by atoms with Crippen LogP contribution in [0, 0.1) is 22.0 Å². The molecule has 3 unspecified atom stereocenters. The highest BCUT2D eigenvalue weighted by Crippen LogP contribution is 2.61. The topological polar surface area (TPSA) is 72.2 Å². The van der Waals surface area contributed by atoms with E-state index in [0.29, 0.717) is 29.0 Å². The molecule has 1 N–H and O–H groups in total. The van der Waals surface area contributed by atoms with E-state index in [1.54, 1.807) is 12.1 Å². The maximum absolute atomic E-state index is 11.4. The number of nitrogens with one attached hydrogen (secondary N) is 1. The summed E-state index contributed by atoms with van der Waals surface area (Å²) in [7, 11) is 0. The lowest BCUT2D eigenvalue weighted by atomic mass is 10.0. The molecule has 0 saturated heterocycles. The Labute approximate surface area is 139 Å². The molecule has 1 fully saturated rings. The number of nitro groups is 1. The van der Waals surface area contributed by atoms with Crippen LogP contribution in [0.2, 0.25) is 0 Å². The molecule has 5 heteroatoms. The fourth-order valence-corrected chi connectivity index (χ4v) is 4.04. The molecule has 0 aliphatic heterocycles. The largest absolute Gasteiger partial charge is 0.379 e. The van der Waals surface area contributed by atoms with Gasteiger partial charge in [-0.15, -0.1) is 0 Å². The lowest BCUT2D eigenvalue weighted by Gasteiger charge is -2.10. The van der Waals surface area contributed by atoms with Crippen LogP contribution < -0.4 is 5.32 Å². The normalized spacial score (nSPS) is 23.3. The number of hydrogen-bond acceptors (Lipinski definition) is 4. The first kappa shape index (κ1) is 14.9. The SMILES string of the molecule is CC(=O)c1ccc(NCC2C3Cc4ccccc4C23)c([N+](=O)[O-])c1. The summed E-state index contributed by atoms with van der Waals surface area (Å²) in [4.78, 5) is 22.3. The standard InChI is InChI=1S/C19H18N2O3/c1-11(22)12-6-7-17(18(9-12)21(23)24)20-10-16-15-8-13-4-2-3-5-14(13)19(15)16/h2-7,9,15-16,19-20H,8,10H2,1H3. The van der Waals surface area contributed by atoms with E-state index in [4.69, 9.17) is 0 Å². The van der Waals surface area contributed by atoms with Crippen molar-refractivity contribution in [3.63, 3.8) is 0 Å². The Hall–Kier alpha value is -2.69. The van der Waals surface area contributed by atoms with Gasteiger partial charge in [0.1, 0.15) is 5.69 Å². The van der Waals surface area contributed by atoms with E-state index in [1.165, 1.54) is 24.1 Å². The molecule has 0 spiro atoms. The third-order valence-corrected chi connectivity index (χ3v) is 5.33. The van der Waals surface area contributed by atoms with E-state index in [-0.39, 0.29) is 11.5 Å². The van der Waals surface area contributed by atoms with Crippen LogP contribution in [0.4, 0.5) is 11.4 Å². The number of nitro benzene ring substituents is 1. The van der Waals surface area contributed by atoms with E-state index in [1.807, 2.05) is 0 Å². The Kier molecular flexibility index (Phi) is 3.37. The van der Waals surface area contributed by atoms with Gasteiger partial charge in [-0.05, 0) is 54.4 Å². The van der Waals surface area contributed by atoms with Crippen molar-refractivity contribution in [1.29, 1.82) is 0 Å². The van der Waals surface area contributed by atoms with Crippen molar-refractivity contribution < 1.29 is 9.72 Å². The average molecular weight is 322 g/mol. The summed E-state index contributed by atoms with van der Waals surface area (Å²) in [5.41, 5.74) is 3.71. The minimum absolute atomic E-state index is 0.0334. The average Bonchev–Trinajstić information content (AvgIpc) is 3.10. The Morgan fingerprint density at radius 3 is 2.83 bits per heavy atom. The van der Waals surface area contributed by atoms with Crippen LogP contribution >= 0.6 is 0 Å². The van der Waals surface area contributed by atoms with Crippen LogP contribution in [0.25, 0.3) is 0 Å². The van der Waals surface area contributed by atoms with Crippen molar-refractivity contribution in [3.8, 4) is 0 Å². The smallest absolute Gasteiger partial charge is 0.293 e. The zero-order valence-corrected chi connectivity index (χ0v) is 13.4. The monoisotopic (exact) mass is 322 g/mol. The van der Waals surface area contributed by atoms with Crippen LogP contribution in [0.5, 0.6) is 0 Å². The summed E-state index contributed by atoms with van der Waals surface area (Å²) in [5, 5.41) is 14.5. The Bertz CT molecular complexity index is 846. The third kappa shape index (κ3) is 2.37. The molecular formula is C19H18N2O3. The van der Waals surface area contributed by atoms with Crippen molar-refractivity contribution in [2.24, 2.45) is 11.8 Å². The summed E-state index contributed by atoms with van der Waals surface area (Å²) in [6.45, 7) is 2.14. The Balaban J connectivity index is 1.48. The molecule has 5 nitrogen and oxygen atoms in total. The second-order valence-corrected chi connectivity index (χ2v) is 6.68. The predicted molar refractivity (Wildman–Crippen MR) is 91.5 cm³/mol. The molecule has 3 atom stereocenters. The molecular weight excluding hydrogens is 304 g/mol. The Morgan fingerprint density at radius 2 is 2.08 bits per heavy atom. The molecule has 4 rings (SSSR count). The van der Waals surface area contributed by atoms with E-state index in [2.05, 4.69) is 29.6 Å². The highest BCUT2D eigenvalue weighted by atomic mass is 16.6. The number of carbonyl (C=O) groups is 1. The van der Waals surface area contributed by atoms with E-state index in [0.717, 1.165) is 13.0 Å². The number of nitrogens with zero attached hydrogens (tertiary/aromatic N) is 1. The van der Waals surface area contributed by atoms with E-state index in [9.17, 15) is 14.9 Å². The van der Waals surface area contributed by atoms with E-state index >= 15 is 0 Å². The zero-order chi connectivity index (χ0) is 16.8. The minimum atomic E-state index is -0.433. The molecule has 0 amide bonds. The number of fused-ring (bicyclic) bond motifs is 3. The Morgan fingerprint density at radius 1 is 1.29 bits per heavy atom. The predicted octanol–water partition coefficient (Wildman–Crippen LogP) is 3.80. The summed E-state index contributed by atoms with van der Waals surface area (Å²) in [5.74, 6) is 1.61. The molecule has 0 bridgehead atoms. The maximum atomic E-state index is 11.4. The number of carbonyl (C=O) groups excluding carboxylic acids is 1. The lowest BCUT2D eigenvalue weighted by Crippen LogP contribution is -2.10. The van der Waals surface area contributed by atoms with Gasteiger partial charge in [0.15, 0.2) is 5.78 Å². The molecule has 24 heavy (non-hydrogen) atoms. The fourth-order valence-electron chi connectivity index (χ4n) is 4.04. The number of hydrogen-bond donors (Lipinski definition) is 1. The van der Waals surface area contributed by atoms with Gasteiger partial charge in [-0.25, -0.2) is 0 Å². The molecule has 2 aromatic carbocycles. The van der Waals surface area contributed by atoms with Gasteiger partial charge in [-0.1, -0.05) is 24.3 Å². The summed E-state index contributed by atoms with van der Waals surface area (Å²) >= 11 is 0. The molecule has 0 radical (unpaired) electrons. The van der Waals surface area contributed by atoms with Crippen LogP contribution in [0.1, 0.15) is 34.3 Å². The van der Waals surface area contributed by atoms with Crippen molar-refractivity contribution in [3.05, 3.63) is 69.3 Å². The first-order valence-electron chi connectivity index (χ1n) is 8.17. The zero-order valence-electron chi connectivity index (χ0n) is 13.4. The summed E-state index contributed by atoms with van der Waals surface area (Å²) < 4.78 is 0. The van der Waals surface area contributed by atoms with Crippen molar-refractivity contribution in [2.75, 3.05) is 11.9 Å². The number of Topliss-reactive ketones (excluding diaryl/α,β-unsaturated/α-hetero) is 1. The molecule has 0 heterocycles. The van der Waals surface area contributed by atoms with Crippen molar-refractivity contribution >= 4 is 17.2 Å². The van der Waals surface area contributed by atoms with Crippen LogP contribution in [-0.4, -0.2) is 17.3 Å². The van der Waals surface area contributed by atoms with Gasteiger partial charge in [0, 0.05) is 18.2 Å². The maximum Gasteiger partial charge on any atom is 0.293 e. The van der Waals surface area contributed by atoms with E-state index < -0.39 is 4.92 Å². The van der Waals surface area contributed by atoms with Gasteiger partial charge in [0.25, 0.3) is 5.69 Å². The molecule has 2 aromatic rings. The molecule has 122 valence electrons. The first-order chi connectivity index (χ1) is 11.6. The first-order valence-corrected chi connectivity index (χ1v) is 8.17. The van der Waals surface area contributed by atoms with Gasteiger partial charge < -0.3 is 5.32 Å². The van der Waals surface area contributed by atoms with Crippen molar-refractivity contribution in [2.45, 2.75) is 19.3 Å². The lowest BCUT2D eigenvalue weighted by molar-refractivity contribution is -0.384. The second kappa shape index (κ2) is 5.44. The molecule has 0 aromatic heterocycles. The molecule has 2 aliphatic rings. The number of benzene rings is 2. The third-order valence-electron chi connectivity index (χ3n) is 5.33. The molecule has 1 saturated carbocycles. The number of rotatable bonds is 5. The van der Waals surface area contributed by atoms with Crippen LogP contribution in [0.3, 0.4) is 0 Å². The van der Waals surface area contributed by atoms with Gasteiger partial charge in [-0.2, -0.15) is 0 Å².